The molecule has 0 saturated heterocycles. The third kappa shape index (κ3) is 5.77. The zero-order chi connectivity index (χ0) is 20.0. The van der Waals surface area contributed by atoms with Gasteiger partial charge in [-0.15, -0.1) is 0 Å². The van der Waals surface area contributed by atoms with E-state index in [1.807, 2.05) is 12.1 Å². The van der Waals surface area contributed by atoms with Gasteiger partial charge in [-0.05, 0) is 35.9 Å². The number of methoxy groups -OCH3 is 2. The van der Waals surface area contributed by atoms with Crippen molar-refractivity contribution in [1.82, 2.24) is 5.32 Å². The highest BCUT2D eigenvalue weighted by Gasteiger charge is 2.24. The maximum absolute atomic E-state index is 12.3. The van der Waals surface area contributed by atoms with E-state index in [1.165, 1.54) is 13.2 Å². The molecule has 0 aliphatic rings. The number of halogens is 1. The first kappa shape index (κ1) is 20.9. The Labute approximate surface area is 163 Å². The Morgan fingerprint density at radius 1 is 1.11 bits per heavy atom. The number of hydrogen-bond acceptors (Lipinski definition) is 5. The summed E-state index contributed by atoms with van der Waals surface area (Å²) >= 11 is 5.98. The van der Waals surface area contributed by atoms with E-state index in [0.717, 1.165) is 16.1 Å². The number of carbonyl (C=O) groups excluding carboxylic acids is 1. The number of anilines is 1. The summed E-state index contributed by atoms with van der Waals surface area (Å²) in [5.74, 6) is 0.549. The smallest absolute Gasteiger partial charge is 0.241 e. The van der Waals surface area contributed by atoms with Crippen LogP contribution in [0, 0.1) is 0 Å². The minimum absolute atomic E-state index is 0.201. The summed E-state index contributed by atoms with van der Waals surface area (Å²) in [7, 11) is -0.753. The molecule has 7 nitrogen and oxygen atoms in total. The number of nitrogens with zero attached hydrogens (tertiary/aromatic N) is 1. The number of benzene rings is 2. The number of nitrogens with one attached hydrogen (secondary N) is 1. The highest BCUT2D eigenvalue weighted by Crippen LogP contribution is 2.32. The first-order valence-electron chi connectivity index (χ1n) is 7.95. The van der Waals surface area contributed by atoms with Crippen LogP contribution in [0.5, 0.6) is 11.5 Å². The van der Waals surface area contributed by atoms with E-state index in [-0.39, 0.29) is 12.2 Å². The molecule has 0 spiro atoms. The van der Waals surface area contributed by atoms with Crippen LogP contribution in [0.15, 0.2) is 42.5 Å². The molecule has 0 atom stereocenters. The molecule has 0 saturated carbocycles. The number of rotatable bonds is 8. The lowest BCUT2D eigenvalue weighted by atomic mass is 10.2. The lowest BCUT2D eigenvalue weighted by Gasteiger charge is -2.24. The van der Waals surface area contributed by atoms with E-state index in [9.17, 15) is 13.2 Å². The van der Waals surface area contributed by atoms with Gasteiger partial charge < -0.3 is 14.8 Å². The average Bonchev–Trinajstić information content (AvgIpc) is 2.64. The Morgan fingerprint density at radius 3 is 2.33 bits per heavy atom. The van der Waals surface area contributed by atoms with Gasteiger partial charge in [0.2, 0.25) is 15.9 Å². The maximum Gasteiger partial charge on any atom is 0.241 e. The van der Waals surface area contributed by atoms with E-state index >= 15 is 0 Å². The number of amides is 1. The second-order valence-electron chi connectivity index (χ2n) is 5.71. The van der Waals surface area contributed by atoms with Crippen LogP contribution in [-0.2, 0) is 21.4 Å². The molecule has 1 amide bonds. The van der Waals surface area contributed by atoms with Crippen molar-refractivity contribution >= 4 is 33.2 Å². The fourth-order valence-electron chi connectivity index (χ4n) is 2.37. The van der Waals surface area contributed by atoms with Gasteiger partial charge in [0.25, 0.3) is 0 Å². The van der Waals surface area contributed by atoms with Crippen molar-refractivity contribution in [2.45, 2.75) is 6.54 Å². The van der Waals surface area contributed by atoms with Crippen LogP contribution < -0.4 is 19.1 Å². The minimum atomic E-state index is -3.74. The van der Waals surface area contributed by atoms with Crippen LogP contribution in [0.1, 0.15) is 5.56 Å². The molecule has 27 heavy (non-hydrogen) atoms. The Bertz CT molecular complexity index is 900. The van der Waals surface area contributed by atoms with Crippen molar-refractivity contribution in [3.63, 3.8) is 0 Å². The lowest BCUT2D eigenvalue weighted by Crippen LogP contribution is -2.40. The predicted octanol–water partition coefficient (Wildman–Crippen LogP) is 2.44. The first-order valence-corrected chi connectivity index (χ1v) is 10.2. The van der Waals surface area contributed by atoms with Crippen molar-refractivity contribution in [2.75, 3.05) is 31.3 Å². The van der Waals surface area contributed by atoms with E-state index in [1.54, 1.807) is 31.4 Å². The van der Waals surface area contributed by atoms with E-state index in [2.05, 4.69) is 5.32 Å². The van der Waals surface area contributed by atoms with Crippen LogP contribution in [0.2, 0.25) is 5.02 Å². The van der Waals surface area contributed by atoms with E-state index < -0.39 is 22.5 Å². The Balaban J connectivity index is 2.14. The van der Waals surface area contributed by atoms with Crippen molar-refractivity contribution in [1.29, 1.82) is 0 Å². The SMILES string of the molecule is COc1ccc(CNC(=O)CN(c2cc(Cl)ccc2OC)S(C)(=O)=O)cc1. The van der Waals surface area contributed by atoms with Gasteiger partial charge in [0.15, 0.2) is 0 Å². The van der Waals surface area contributed by atoms with Crippen molar-refractivity contribution in [2.24, 2.45) is 0 Å². The molecule has 2 aromatic carbocycles. The second kappa shape index (κ2) is 8.96. The van der Waals surface area contributed by atoms with Gasteiger partial charge in [0.05, 0.1) is 26.2 Å². The fraction of sp³-hybridized carbons (Fsp3) is 0.278. The zero-order valence-electron chi connectivity index (χ0n) is 15.2. The summed E-state index contributed by atoms with van der Waals surface area (Å²) in [6.07, 6.45) is 1.02. The Morgan fingerprint density at radius 2 is 1.78 bits per heavy atom. The second-order valence-corrected chi connectivity index (χ2v) is 8.05. The summed E-state index contributed by atoms with van der Waals surface area (Å²) in [4.78, 5) is 12.3. The first-order chi connectivity index (χ1) is 12.7. The van der Waals surface area contributed by atoms with Gasteiger partial charge in [-0.3, -0.25) is 9.10 Å². The highest BCUT2D eigenvalue weighted by molar-refractivity contribution is 7.92. The van der Waals surface area contributed by atoms with Crippen LogP contribution in [-0.4, -0.2) is 41.3 Å². The van der Waals surface area contributed by atoms with Gasteiger partial charge in [0.1, 0.15) is 18.0 Å². The summed E-state index contributed by atoms with van der Waals surface area (Å²) in [6.45, 7) is -0.140. The molecule has 0 fully saturated rings. The molecule has 0 heterocycles. The third-order valence-electron chi connectivity index (χ3n) is 3.75. The molecule has 9 heteroatoms. The van der Waals surface area contributed by atoms with Crippen molar-refractivity contribution < 1.29 is 22.7 Å². The molecule has 0 radical (unpaired) electrons. The molecular weight excluding hydrogens is 392 g/mol. The zero-order valence-corrected chi connectivity index (χ0v) is 16.8. The normalized spacial score (nSPS) is 11.0. The molecule has 0 bridgehead atoms. The average molecular weight is 413 g/mol. The van der Waals surface area contributed by atoms with Crippen molar-refractivity contribution in [3.8, 4) is 11.5 Å². The molecule has 1 N–H and O–H groups in total. The largest absolute Gasteiger partial charge is 0.497 e. The topological polar surface area (TPSA) is 84.9 Å². The monoisotopic (exact) mass is 412 g/mol. The molecule has 0 aliphatic carbocycles. The molecule has 146 valence electrons. The molecule has 0 aliphatic heterocycles. The predicted molar refractivity (Wildman–Crippen MR) is 105 cm³/mol. The quantitative estimate of drug-likeness (QED) is 0.719. The Kier molecular flexibility index (Phi) is 6.92. The van der Waals surface area contributed by atoms with Gasteiger partial charge in [-0.2, -0.15) is 0 Å². The number of sulfonamides is 1. The molecule has 0 unspecified atom stereocenters. The summed E-state index contributed by atoms with van der Waals surface area (Å²) in [5.41, 5.74) is 1.06. The van der Waals surface area contributed by atoms with Gasteiger partial charge >= 0.3 is 0 Å². The summed E-state index contributed by atoms with van der Waals surface area (Å²) in [6, 6.07) is 11.8. The Hall–Kier alpha value is -2.45. The standard InChI is InChI=1S/C18H21ClN2O5S/c1-25-15-7-4-13(5-8-15)11-20-18(22)12-21(27(3,23)24)16-10-14(19)6-9-17(16)26-2/h4-10H,11-12H2,1-3H3,(H,20,22). The number of ether oxygens (including phenoxy) is 2. The minimum Gasteiger partial charge on any atom is -0.497 e. The van der Waals surface area contributed by atoms with Crippen LogP contribution in [0.3, 0.4) is 0 Å². The highest BCUT2D eigenvalue weighted by atomic mass is 35.5. The van der Waals surface area contributed by atoms with Crippen molar-refractivity contribution in [3.05, 3.63) is 53.1 Å². The van der Waals surface area contributed by atoms with Gasteiger partial charge in [-0.25, -0.2) is 8.42 Å². The molecular formula is C18H21ClN2O5S. The molecule has 0 aromatic heterocycles. The maximum atomic E-state index is 12.3. The van der Waals surface area contributed by atoms with Crippen LogP contribution in [0.4, 0.5) is 5.69 Å². The fourth-order valence-corrected chi connectivity index (χ4v) is 3.39. The number of hydrogen-bond donors (Lipinski definition) is 1. The van der Waals surface area contributed by atoms with Crippen LogP contribution in [0.25, 0.3) is 0 Å². The van der Waals surface area contributed by atoms with Gasteiger partial charge in [0, 0.05) is 11.6 Å². The van der Waals surface area contributed by atoms with Crippen LogP contribution >= 0.6 is 11.6 Å². The molecule has 2 rings (SSSR count). The number of carbonyl (C=O) groups is 1. The lowest BCUT2D eigenvalue weighted by molar-refractivity contribution is -0.119. The summed E-state index contributed by atoms with van der Waals surface area (Å²) < 4.78 is 35.7. The summed E-state index contributed by atoms with van der Waals surface area (Å²) in [5, 5.41) is 3.03. The van der Waals surface area contributed by atoms with Gasteiger partial charge in [-0.1, -0.05) is 23.7 Å². The van der Waals surface area contributed by atoms with E-state index in [4.69, 9.17) is 21.1 Å². The van der Waals surface area contributed by atoms with E-state index in [0.29, 0.717) is 16.5 Å². The third-order valence-corrected chi connectivity index (χ3v) is 5.11. The molecule has 2 aromatic rings.